The number of hydrogen-bond donors (Lipinski definition) is 0. The molecule has 1 fully saturated rings. The molecule has 1 aliphatic rings. The maximum absolute atomic E-state index is 12.7. The summed E-state index contributed by atoms with van der Waals surface area (Å²) in [5.41, 5.74) is 1.77. The van der Waals surface area contributed by atoms with E-state index >= 15 is 0 Å². The molecule has 1 amide bonds. The van der Waals surface area contributed by atoms with Gasteiger partial charge in [-0.15, -0.1) is 0 Å². The number of amides is 1. The summed E-state index contributed by atoms with van der Waals surface area (Å²) in [5.74, 6) is 0. The van der Waals surface area contributed by atoms with E-state index in [-0.39, 0.29) is 24.0 Å². The summed E-state index contributed by atoms with van der Waals surface area (Å²) >= 11 is 5.92. The largest absolute Gasteiger partial charge is 0.444 e. The first-order chi connectivity index (χ1) is 15.9. The van der Waals surface area contributed by atoms with Gasteiger partial charge in [0.05, 0.1) is 11.9 Å². The Labute approximate surface area is 207 Å². The SMILES string of the molecule is CC(C)(C)OC(=O)N1CCCCC1CCN(Cc1cccc(-c2ccnc(Cl)n2)c1)S(C)(=O)=O. The molecule has 0 spiro atoms. The van der Waals surface area contributed by atoms with Crippen molar-refractivity contribution >= 4 is 27.7 Å². The average Bonchev–Trinajstić information content (AvgIpc) is 2.75. The lowest BCUT2D eigenvalue weighted by molar-refractivity contribution is 0.00839. The number of carbonyl (C=O) groups excluding carboxylic acids is 1. The predicted octanol–water partition coefficient (Wildman–Crippen LogP) is 4.74. The Bertz CT molecular complexity index is 1100. The Morgan fingerprint density at radius 3 is 2.71 bits per heavy atom. The highest BCUT2D eigenvalue weighted by atomic mass is 35.5. The van der Waals surface area contributed by atoms with Crippen molar-refractivity contribution in [3.05, 3.63) is 47.4 Å². The minimum atomic E-state index is -3.46. The fourth-order valence-electron chi connectivity index (χ4n) is 4.05. The summed E-state index contributed by atoms with van der Waals surface area (Å²) in [7, 11) is -3.46. The maximum atomic E-state index is 12.7. The molecular weight excluding hydrogens is 476 g/mol. The fourth-order valence-corrected chi connectivity index (χ4v) is 5.01. The zero-order chi connectivity index (χ0) is 24.9. The molecule has 1 aromatic carbocycles. The van der Waals surface area contributed by atoms with Crippen molar-refractivity contribution in [2.24, 2.45) is 0 Å². The highest BCUT2D eigenvalue weighted by molar-refractivity contribution is 7.88. The molecule has 0 aliphatic carbocycles. The zero-order valence-electron chi connectivity index (χ0n) is 20.2. The van der Waals surface area contributed by atoms with E-state index in [0.29, 0.717) is 25.2 Å². The van der Waals surface area contributed by atoms with Crippen LogP contribution in [-0.2, 0) is 21.3 Å². The first kappa shape index (κ1) is 26.4. The Balaban J connectivity index is 1.72. The van der Waals surface area contributed by atoms with Crippen molar-refractivity contribution in [2.45, 2.75) is 64.6 Å². The lowest BCUT2D eigenvalue weighted by atomic mass is 10.00. The van der Waals surface area contributed by atoms with Crippen LogP contribution in [0.5, 0.6) is 0 Å². The van der Waals surface area contributed by atoms with Gasteiger partial charge in [0, 0.05) is 37.4 Å². The third-order valence-corrected chi connectivity index (χ3v) is 7.08. The minimum Gasteiger partial charge on any atom is -0.444 e. The van der Waals surface area contributed by atoms with Crippen molar-refractivity contribution in [3.8, 4) is 11.3 Å². The number of carbonyl (C=O) groups is 1. The molecule has 1 atom stereocenters. The van der Waals surface area contributed by atoms with Crippen molar-refractivity contribution in [2.75, 3.05) is 19.3 Å². The average molecular weight is 509 g/mol. The third-order valence-electron chi connectivity index (χ3n) is 5.64. The summed E-state index contributed by atoms with van der Waals surface area (Å²) in [6, 6.07) is 9.26. The molecule has 2 heterocycles. The van der Waals surface area contributed by atoms with Crippen LogP contribution in [0.3, 0.4) is 0 Å². The number of aromatic nitrogens is 2. The van der Waals surface area contributed by atoms with Gasteiger partial charge in [-0.2, -0.15) is 4.31 Å². The first-order valence-electron chi connectivity index (χ1n) is 11.4. The smallest absolute Gasteiger partial charge is 0.410 e. The van der Waals surface area contributed by atoms with Crippen LogP contribution in [0.1, 0.15) is 52.0 Å². The number of sulfonamides is 1. The van der Waals surface area contributed by atoms with E-state index in [1.807, 2.05) is 45.0 Å². The van der Waals surface area contributed by atoms with Crippen LogP contribution in [0.4, 0.5) is 4.79 Å². The second-order valence-corrected chi connectivity index (χ2v) is 11.9. The highest BCUT2D eigenvalue weighted by Crippen LogP contribution is 2.24. The number of likely N-dealkylation sites (tertiary alicyclic amines) is 1. The molecule has 3 rings (SSSR count). The number of nitrogens with zero attached hydrogens (tertiary/aromatic N) is 4. The monoisotopic (exact) mass is 508 g/mol. The Morgan fingerprint density at radius 2 is 2.03 bits per heavy atom. The zero-order valence-corrected chi connectivity index (χ0v) is 21.8. The van der Waals surface area contributed by atoms with E-state index < -0.39 is 15.6 Å². The number of halogens is 1. The van der Waals surface area contributed by atoms with Crippen molar-refractivity contribution in [1.82, 2.24) is 19.2 Å². The van der Waals surface area contributed by atoms with Gasteiger partial charge in [-0.1, -0.05) is 18.2 Å². The van der Waals surface area contributed by atoms with Gasteiger partial charge in [0.2, 0.25) is 15.3 Å². The van der Waals surface area contributed by atoms with E-state index in [4.69, 9.17) is 16.3 Å². The van der Waals surface area contributed by atoms with Crippen LogP contribution in [0.2, 0.25) is 5.28 Å². The maximum Gasteiger partial charge on any atom is 0.410 e. The Morgan fingerprint density at radius 1 is 1.26 bits per heavy atom. The summed E-state index contributed by atoms with van der Waals surface area (Å²) in [4.78, 5) is 22.6. The van der Waals surface area contributed by atoms with Gasteiger partial charge >= 0.3 is 6.09 Å². The van der Waals surface area contributed by atoms with Gasteiger partial charge in [0.1, 0.15) is 5.60 Å². The number of piperidine rings is 1. The standard InChI is InChI=1S/C24H33ClN4O4S/c1-24(2,3)33-23(30)29-14-6-5-10-20(29)12-15-28(34(4,31)32)17-18-8-7-9-19(16-18)21-11-13-26-22(25)27-21/h7-9,11,13,16,20H,5-6,10,12,14-15,17H2,1-4H3. The predicted molar refractivity (Wildman–Crippen MR) is 133 cm³/mol. The summed E-state index contributed by atoms with van der Waals surface area (Å²) in [6.45, 7) is 6.70. The van der Waals surface area contributed by atoms with Gasteiger partial charge in [0.15, 0.2) is 0 Å². The molecule has 0 radical (unpaired) electrons. The van der Waals surface area contributed by atoms with Crippen LogP contribution in [-0.4, -0.2) is 64.7 Å². The van der Waals surface area contributed by atoms with Gasteiger partial charge < -0.3 is 9.64 Å². The molecule has 1 unspecified atom stereocenters. The molecule has 2 aromatic rings. The molecule has 1 aliphatic heterocycles. The molecular formula is C24H33ClN4O4S. The van der Waals surface area contributed by atoms with Gasteiger partial charge in [0.25, 0.3) is 0 Å². The first-order valence-corrected chi connectivity index (χ1v) is 13.7. The molecule has 1 aromatic heterocycles. The lowest BCUT2D eigenvalue weighted by Gasteiger charge is -2.37. The summed E-state index contributed by atoms with van der Waals surface area (Å²) in [6.07, 6.45) is 5.78. The number of hydrogen-bond acceptors (Lipinski definition) is 6. The van der Waals surface area contributed by atoms with Crippen molar-refractivity contribution < 1.29 is 17.9 Å². The van der Waals surface area contributed by atoms with E-state index in [2.05, 4.69) is 9.97 Å². The van der Waals surface area contributed by atoms with E-state index in [0.717, 1.165) is 30.4 Å². The van der Waals surface area contributed by atoms with Crippen molar-refractivity contribution in [3.63, 3.8) is 0 Å². The quantitative estimate of drug-likeness (QED) is 0.501. The Hall–Kier alpha value is -2.23. The summed E-state index contributed by atoms with van der Waals surface area (Å²) < 4.78 is 32.2. The molecule has 10 heteroatoms. The molecule has 0 N–H and O–H groups in total. The van der Waals surface area contributed by atoms with Crippen LogP contribution in [0, 0.1) is 0 Å². The number of ether oxygens (including phenoxy) is 1. The topological polar surface area (TPSA) is 92.7 Å². The van der Waals surface area contributed by atoms with Gasteiger partial charge in [-0.25, -0.2) is 23.2 Å². The normalized spacial score (nSPS) is 17.1. The van der Waals surface area contributed by atoms with E-state index in [1.165, 1.54) is 10.6 Å². The summed E-state index contributed by atoms with van der Waals surface area (Å²) in [5, 5.41) is 0.155. The van der Waals surface area contributed by atoms with Crippen LogP contribution >= 0.6 is 11.6 Å². The molecule has 186 valence electrons. The van der Waals surface area contributed by atoms with Crippen LogP contribution < -0.4 is 0 Å². The molecule has 0 bridgehead atoms. The number of benzene rings is 1. The highest BCUT2D eigenvalue weighted by Gasteiger charge is 2.31. The van der Waals surface area contributed by atoms with Crippen molar-refractivity contribution in [1.29, 1.82) is 0 Å². The third kappa shape index (κ3) is 7.65. The van der Waals surface area contributed by atoms with Gasteiger partial charge in [-0.05, 0) is 75.8 Å². The van der Waals surface area contributed by atoms with E-state index in [9.17, 15) is 13.2 Å². The number of rotatable bonds is 7. The Kier molecular flexibility index (Phi) is 8.54. The lowest BCUT2D eigenvalue weighted by Crippen LogP contribution is -2.47. The minimum absolute atomic E-state index is 0.0534. The van der Waals surface area contributed by atoms with Gasteiger partial charge in [-0.3, -0.25) is 0 Å². The molecule has 0 saturated carbocycles. The second-order valence-electron chi connectivity index (χ2n) is 9.62. The second kappa shape index (κ2) is 11.0. The van der Waals surface area contributed by atoms with Crippen LogP contribution in [0.25, 0.3) is 11.3 Å². The molecule has 34 heavy (non-hydrogen) atoms. The van der Waals surface area contributed by atoms with E-state index in [1.54, 1.807) is 17.2 Å². The van der Waals surface area contributed by atoms with Crippen LogP contribution in [0.15, 0.2) is 36.5 Å². The molecule has 8 nitrogen and oxygen atoms in total. The fraction of sp³-hybridized carbons (Fsp3) is 0.542. The molecule has 1 saturated heterocycles.